The summed E-state index contributed by atoms with van der Waals surface area (Å²) in [5.74, 6) is 0.684. The molecule has 2 rings (SSSR count). The maximum absolute atomic E-state index is 11.3. The Bertz CT molecular complexity index is 656. The third-order valence-electron chi connectivity index (χ3n) is 2.82. The van der Waals surface area contributed by atoms with Gasteiger partial charge in [0.05, 0.1) is 38.5 Å². The van der Waals surface area contributed by atoms with Gasteiger partial charge in [0.25, 0.3) is 0 Å². The predicted octanol–water partition coefficient (Wildman–Crippen LogP) is 3.20. The van der Waals surface area contributed by atoms with Crippen LogP contribution in [-0.4, -0.2) is 32.3 Å². The van der Waals surface area contributed by atoms with Gasteiger partial charge < -0.3 is 14.2 Å². The molecule has 0 amide bonds. The van der Waals surface area contributed by atoms with E-state index in [-0.39, 0.29) is 12.4 Å². The van der Waals surface area contributed by atoms with Crippen LogP contribution in [0.2, 0.25) is 5.02 Å². The Morgan fingerprint density at radius 1 is 1.29 bits per heavy atom. The molecule has 2 aromatic rings. The van der Waals surface area contributed by atoms with Gasteiger partial charge in [0.2, 0.25) is 0 Å². The van der Waals surface area contributed by atoms with Crippen molar-refractivity contribution in [1.82, 2.24) is 4.98 Å². The molecule has 1 aromatic heterocycles. The van der Waals surface area contributed by atoms with Gasteiger partial charge in [-0.2, -0.15) is 0 Å². The van der Waals surface area contributed by atoms with E-state index < -0.39 is 0 Å². The maximum atomic E-state index is 11.3. The molecule has 0 aliphatic carbocycles. The Balaban J connectivity index is 2.36. The summed E-state index contributed by atoms with van der Waals surface area (Å²) in [4.78, 5) is 15.7. The monoisotopic (exact) mass is 327 g/mol. The Morgan fingerprint density at radius 3 is 2.67 bits per heavy atom. The largest absolute Gasteiger partial charge is 0.493 e. The summed E-state index contributed by atoms with van der Waals surface area (Å²) in [7, 11) is 4.42. The molecule has 0 N–H and O–H groups in total. The Kier molecular flexibility index (Phi) is 5.03. The third kappa shape index (κ3) is 3.28. The molecule has 0 fully saturated rings. The molecule has 112 valence electrons. The molecule has 1 aromatic carbocycles. The van der Waals surface area contributed by atoms with Crippen LogP contribution >= 0.6 is 22.9 Å². The van der Waals surface area contributed by atoms with Crippen molar-refractivity contribution in [2.45, 2.75) is 6.42 Å². The highest BCUT2D eigenvalue weighted by Gasteiger charge is 2.17. The van der Waals surface area contributed by atoms with Crippen LogP contribution in [0, 0.1) is 0 Å². The molecule has 0 aliphatic rings. The number of carbonyl (C=O) groups is 1. The van der Waals surface area contributed by atoms with E-state index in [4.69, 9.17) is 21.1 Å². The van der Waals surface area contributed by atoms with Crippen molar-refractivity contribution in [1.29, 1.82) is 0 Å². The van der Waals surface area contributed by atoms with Gasteiger partial charge >= 0.3 is 5.97 Å². The second-order valence-corrected chi connectivity index (χ2v) is 5.30. The molecule has 0 aliphatic heterocycles. The van der Waals surface area contributed by atoms with Crippen molar-refractivity contribution >= 4 is 28.9 Å². The molecule has 5 nitrogen and oxygen atoms in total. The van der Waals surface area contributed by atoms with Gasteiger partial charge in [-0.1, -0.05) is 11.6 Å². The van der Waals surface area contributed by atoms with E-state index in [2.05, 4.69) is 9.72 Å². The zero-order chi connectivity index (χ0) is 15.4. The van der Waals surface area contributed by atoms with Crippen LogP contribution in [0.3, 0.4) is 0 Å². The van der Waals surface area contributed by atoms with Crippen molar-refractivity contribution in [3.8, 4) is 22.1 Å². The summed E-state index contributed by atoms with van der Waals surface area (Å²) in [6.45, 7) is 0. The summed E-state index contributed by atoms with van der Waals surface area (Å²) < 4.78 is 15.1. The molecule has 0 unspecified atom stereocenters. The molecule has 0 saturated carbocycles. The number of hydrogen-bond acceptors (Lipinski definition) is 6. The molecule has 1 heterocycles. The van der Waals surface area contributed by atoms with Crippen LogP contribution in [-0.2, 0) is 16.0 Å². The second-order valence-electron chi connectivity index (χ2n) is 4.06. The molecule has 0 bridgehead atoms. The van der Waals surface area contributed by atoms with Crippen molar-refractivity contribution in [3.05, 3.63) is 28.2 Å². The predicted molar refractivity (Wildman–Crippen MR) is 81.4 cm³/mol. The molecule has 21 heavy (non-hydrogen) atoms. The van der Waals surface area contributed by atoms with Crippen LogP contribution in [0.5, 0.6) is 11.5 Å². The minimum atomic E-state index is -0.328. The van der Waals surface area contributed by atoms with Gasteiger partial charge in [0.15, 0.2) is 11.5 Å². The summed E-state index contributed by atoms with van der Waals surface area (Å²) in [5.41, 5.74) is 1.38. The van der Waals surface area contributed by atoms with Crippen molar-refractivity contribution < 1.29 is 19.0 Å². The Labute approximate surface area is 131 Å². The summed E-state index contributed by atoms with van der Waals surface area (Å²) in [6.07, 6.45) is 0.137. The second kappa shape index (κ2) is 6.78. The standard InChI is InChI=1S/C14H14ClNO4S/c1-18-10-5-4-9(12(15)13(10)20-3)14-16-8(7-21-14)6-11(17)19-2/h4-5,7H,6H2,1-3H3. The number of carbonyl (C=O) groups excluding carboxylic acids is 1. The van der Waals surface area contributed by atoms with Gasteiger partial charge in [-0.05, 0) is 12.1 Å². The fraction of sp³-hybridized carbons (Fsp3) is 0.286. The average molecular weight is 328 g/mol. The van der Waals surface area contributed by atoms with E-state index in [0.29, 0.717) is 27.2 Å². The average Bonchev–Trinajstić information content (AvgIpc) is 2.94. The van der Waals surface area contributed by atoms with Gasteiger partial charge in [0.1, 0.15) is 5.01 Å². The molecule has 7 heteroatoms. The highest BCUT2D eigenvalue weighted by molar-refractivity contribution is 7.13. The van der Waals surface area contributed by atoms with E-state index in [0.717, 1.165) is 5.56 Å². The van der Waals surface area contributed by atoms with Crippen LogP contribution in [0.4, 0.5) is 0 Å². The normalized spacial score (nSPS) is 10.3. The quantitative estimate of drug-likeness (QED) is 0.789. The number of halogens is 1. The molecule has 0 radical (unpaired) electrons. The van der Waals surface area contributed by atoms with Crippen molar-refractivity contribution in [2.24, 2.45) is 0 Å². The molecular weight excluding hydrogens is 314 g/mol. The molecule has 0 atom stereocenters. The zero-order valence-electron chi connectivity index (χ0n) is 11.8. The first-order valence-corrected chi connectivity index (χ1v) is 7.28. The highest BCUT2D eigenvalue weighted by atomic mass is 35.5. The van der Waals surface area contributed by atoms with E-state index >= 15 is 0 Å². The first-order valence-electron chi connectivity index (χ1n) is 6.02. The fourth-order valence-corrected chi connectivity index (χ4v) is 3.02. The number of esters is 1. The van der Waals surface area contributed by atoms with E-state index in [9.17, 15) is 4.79 Å². The lowest BCUT2D eigenvalue weighted by atomic mass is 10.2. The summed E-state index contributed by atoms with van der Waals surface area (Å²) >= 11 is 7.74. The SMILES string of the molecule is COC(=O)Cc1csc(-c2ccc(OC)c(OC)c2Cl)n1. The number of thiazole rings is 1. The fourth-order valence-electron chi connectivity index (χ4n) is 1.79. The lowest BCUT2D eigenvalue weighted by Crippen LogP contribution is -2.04. The molecule has 0 saturated heterocycles. The smallest absolute Gasteiger partial charge is 0.311 e. The lowest BCUT2D eigenvalue weighted by molar-refractivity contribution is -0.139. The van der Waals surface area contributed by atoms with Gasteiger partial charge in [0, 0.05) is 10.9 Å². The molecular formula is C14H14ClNO4S. The van der Waals surface area contributed by atoms with Crippen LogP contribution < -0.4 is 9.47 Å². The van der Waals surface area contributed by atoms with Gasteiger partial charge in [-0.25, -0.2) is 4.98 Å². The Morgan fingerprint density at radius 2 is 2.05 bits per heavy atom. The van der Waals surface area contributed by atoms with Crippen molar-refractivity contribution in [3.63, 3.8) is 0 Å². The number of aromatic nitrogens is 1. The van der Waals surface area contributed by atoms with Crippen LogP contribution in [0.15, 0.2) is 17.5 Å². The summed E-state index contributed by atoms with van der Waals surface area (Å²) in [6, 6.07) is 3.58. The number of benzene rings is 1. The Hall–Kier alpha value is -1.79. The van der Waals surface area contributed by atoms with Crippen LogP contribution in [0.1, 0.15) is 5.69 Å². The van der Waals surface area contributed by atoms with E-state index in [1.165, 1.54) is 25.6 Å². The first-order chi connectivity index (χ1) is 10.1. The van der Waals surface area contributed by atoms with E-state index in [1.807, 2.05) is 6.07 Å². The number of hydrogen-bond donors (Lipinski definition) is 0. The summed E-state index contributed by atoms with van der Waals surface area (Å²) in [5, 5.41) is 2.94. The number of rotatable bonds is 5. The van der Waals surface area contributed by atoms with Crippen LogP contribution in [0.25, 0.3) is 10.6 Å². The van der Waals surface area contributed by atoms with Gasteiger partial charge in [-0.15, -0.1) is 11.3 Å². The topological polar surface area (TPSA) is 57.7 Å². The number of ether oxygens (including phenoxy) is 3. The number of methoxy groups -OCH3 is 3. The minimum Gasteiger partial charge on any atom is -0.493 e. The zero-order valence-corrected chi connectivity index (χ0v) is 13.4. The first kappa shape index (κ1) is 15.6. The number of nitrogens with zero attached hydrogens (tertiary/aromatic N) is 1. The highest BCUT2D eigenvalue weighted by Crippen LogP contribution is 2.42. The third-order valence-corrected chi connectivity index (χ3v) is 4.12. The molecule has 0 spiro atoms. The maximum Gasteiger partial charge on any atom is 0.311 e. The van der Waals surface area contributed by atoms with E-state index in [1.54, 1.807) is 18.6 Å². The van der Waals surface area contributed by atoms with Crippen molar-refractivity contribution in [2.75, 3.05) is 21.3 Å². The lowest BCUT2D eigenvalue weighted by Gasteiger charge is -2.11. The van der Waals surface area contributed by atoms with Gasteiger partial charge in [-0.3, -0.25) is 4.79 Å². The minimum absolute atomic E-state index is 0.137.